The molecule has 1 unspecified atom stereocenters. The fourth-order valence-electron chi connectivity index (χ4n) is 1.14. The van der Waals surface area contributed by atoms with E-state index in [2.05, 4.69) is 9.97 Å². The minimum atomic E-state index is -2.63. The molecule has 1 aliphatic carbocycles. The lowest BCUT2D eigenvalue weighted by Gasteiger charge is -2.03. The third-order valence-corrected chi connectivity index (χ3v) is 2.24. The zero-order chi connectivity index (χ0) is 11.8. The van der Waals surface area contributed by atoms with Crippen LogP contribution in [0.15, 0.2) is 12.4 Å². The number of nitrogens with zero attached hydrogens (tertiary/aromatic N) is 2. The molecular formula is C9H8F2N2O3. The number of carboxylic acids is 1. The molecule has 1 atom stereocenters. The molecule has 0 spiro atoms. The summed E-state index contributed by atoms with van der Waals surface area (Å²) >= 11 is 0. The van der Waals surface area contributed by atoms with Crippen molar-refractivity contribution in [1.29, 1.82) is 0 Å². The largest absolute Gasteiger partial charge is 0.476 e. The Labute approximate surface area is 89.1 Å². The van der Waals surface area contributed by atoms with Gasteiger partial charge >= 0.3 is 5.97 Å². The summed E-state index contributed by atoms with van der Waals surface area (Å²) in [5.41, 5.74) is -0.218. The van der Waals surface area contributed by atoms with E-state index in [1.54, 1.807) is 0 Å². The molecule has 0 aromatic carbocycles. The molecule has 0 radical (unpaired) electrons. The average molecular weight is 230 g/mol. The third-order valence-electron chi connectivity index (χ3n) is 2.24. The normalized spacial score (nSPS) is 21.5. The smallest absolute Gasteiger partial charge is 0.356 e. The van der Waals surface area contributed by atoms with Crippen molar-refractivity contribution in [2.24, 2.45) is 5.92 Å². The van der Waals surface area contributed by atoms with Gasteiger partial charge in [0.05, 0.1) is 24.9 Å². The highest BCUT2D eigenvalue weighted by Crippen LogP contribution is 2.48. The second kappa shape index (κ2) is 3.66. The van der Waals surface area contributed by atoms with Crippen molar-refractivity contribution in [3.63, 3.8) is 0 Å². The Morgan fingerprint density at radius 3 is 2.69 bits per heavy atom. The topological polar surface area (TPSA) is 72.3 Å². The van der Waals surface area contributed by atoms with Gasteiger partial charge in [-0.2, -0.15) is 0 Å². The predicted molar refractivity (Wildman–Crippen MR) is 47.5 cm³/mol. The average Bonchev–Trinajstić information content (AvgIpc) is 2.84. The van der Waals surface area contributed by atoms with Crippen LogP contribution in [0.5, 0.6) is 5.88 Å². The Morgan fingerprint density at radius 1 is 1.56 bits per heavy atom. The molecule has 5 nitrogen and oxygen atoms in total. The van der Waals surface area contributed by atoms with Crippen LogP contribution < -0.4 is 4.74 Å². The molecule has 0 aliphatic heterocycles. The molecule has 0 amide bonds. The maximum atomic E-state index is 12.5. The van der Waals surface area contributed by atoms with Crippen LogP contribution in [0.3, 0.4) is 0 Å². The van der Waals surface area contributed by atoms with Crippen LogP contribution in [-0.4, -0.2) is 33.6 Å². The lowest BCUT2D eigenvalue weighted by Crippen LogP contribution is -2.08. The highest BCUT2D eigenvalue weighted by molar-refractivity contribution is 5.84. The van der Waals surface area contributed by atoms with Crippen molar-refractivity contribution < 1.29 is 23.4 Å². The highest BCUT2D eigenvalue weighted by Gasteiger charge is 2.57. The van der Waals surface area contributed by atoms with E-state index in [0.29, 0.717) is 0 Å². The lowest BCUT2D eigenvalue weighted by molar-refractivity contribution is 0.0689. The quantitative estimate of drug-likeness (QED) is 0.841. The zero-order valence-electron chi connectivity index (χ0n) is 8.06. The first-order chi connectivity index (χ1) is 7.49. The fourth-order valence-corrected chi connectivity index (χ4v) is 1.14. The van der Waals surface area contributed by atoms with Crippen molar-refractivity contribution in [1.82, 2.24) is 9.97 Å². The molecular weight excluding hydrogens is 222 g/mol. The van der Waals surface area contributed by atoms with Gasteiger partial charge in [-0.1, -0.05) is 0 Å². The van der Waals surface area contributed by atoms with Crippen LogP contribution in [0.2, 0.25) is 0 Å². The Hall–Kier alpha value is -1.79. The predicted octanol–water partition coefficient (Wildman–Crippen LogP) is 1.21. The number of alkyl halides is 2. The van der Waals surface area contributed by atoms with Gasteiger partial charge in [0.15, 0.2) is 5.69 Å². The molecule has 1 saturated carbocycles. The molecule has 2 rings (SSSR count). The number of aromatic carboxylic acids is 1. The molecule has 86 valence electrons. The summed E-state index contributed by atoms with van der Waals surface area (Å²) in [7, 11) is 0. The number of carboxylic acid groups (broad SMARTS) is 1. The van der Waals surface area contributed by atoms with Crippen LogP contribution in [0.4, 0.5) is 8.78 Å². The van der Waals surface area contributed by atoms with E-state index in [4.69, 9.17) is 9.84 Å². The molecule has 1 heterocycles. The number of hydrogen-bond donors (Lipinski definition) is 1. The van der Waals surface area contributed by atoms with E-state index in [1.165, 1.54) is 0 Å². The Morgan fingerprint density at radius 2 is 2.25 bits per heavy atom. The standard InChI is InChI=1S/C9H8F2N2O3/c10-9(11)1-5(9)4-16-7-3-12-6(2-13-7)8(14)15/h2-3,5H,1,4H2,(H,14,15). The van der Waals surface area contributed by atoms with Gasteiger partial charge in [-0.05, 0) is 0 Å². The van der Waals surface area contributed by atoms with Crippen molar-refractivity contribution in [2.45, 2.75) is 12.3 Å². The van der Waals surface area contributed by atoms with E-state index in [0.717, 1.165) is 12.4 Å². The number of ether oxygens (including phenoxy) is 1. The van der Waals surface area contributed by atoms with Gasteiger partial charge in [0.25, 0.3) is 5.92 Å². The summed E-state index contributed by atoms with van der Waals surface area (Å²) in [6.07, 6.45) is 1.94. The molecule has 1 aromatic heterocycles. The van der Waals surface area contributed by atoms with Crippen LogP contribution in [0, 0.1) is 5.92 Å². The van der Waals surface area contributed by atoms with Gasteiger partial charge in [-0.3, -0.25) is 0 Å². The first kappa shape index (κ1) is 10.7. The molecule has 1 aliphatic rings. The van der Waals surface area contributed by atoms with Gasteiger partial charge in [-0.15, -0.1) is 0 Å². The van der Waals surface area contributed by atoms with Crippen LogP contribution >= 0.6 is 0 Å². The highest BCUT2D eigenvalue weighted by atomic mass is 19.3. The van der Waals surface area contributed by atoms with E-state index < -0.39 is 17.8 Å². The first-order valence-corrected chi connectivity index (χ1v) is 4.55. The van der Waals surface area contributed by atoms with Crippen molar-refractivity contribution in [2.75, 3.05) is 6.61 Å². The monoisotopic (exact) mass is 230 g/mol. The number of aromatic nitrogens is 2. The number of halogens is 2. The summed E-state index contributed by atoms with van der Waals surface area (Å²) in [5, 5.41) is 8.53. The van der Waals surface area contributed by atoms with Crippen LogP contribution in [0.1, 0.15) is 16.9 Å². The second-order valence-corrected chi connectivity index (χ2v) is 3.52. The van der Waals surface area contributed by atoms with Gasteiger partial charge in [0.1, 0.15) is 0 Å². The summed E-state index contributed by atoms with van der Waals surface area (Å²) in [4.78, 5) is 17.6. The van der Waals surface area contributed by atoms with E-state index in [9.17, 15) is 13.6 Å². The maximum absolute atomic E-state index is 12.5. The first-order valence-electron chi connectivity index (χ1n) is 4.55. The SMILES string of the molecule is O=C(O)c1cnc(OCC2CC2(F)F)cn1. The van der Waals surface area contributed by atoms with E-state index in [-0.39, 0.29) is 24.6 Å². The second-order valence-electron chi connectivity index (χ2n) is 3.52. The van der Waals surface area contributed by atoms with Crippen molar-refractivity contribution in [3.05, 3.63) is 18.1 Å². The van der Waals surface area contributed by atoms with E-state index >= 15 is 0 Å². The maximum Gasteiger partial charge on any atom is 0.356 e. The molecule has 0 bridgehead atoms. The van der Waals surface area contributed by atoms with Gasteiger partial charge in [0, 0.05) is 6.42 Å². The minimum Gasteiger partial charge on any atom is -0.476 e. The summed E-state index contributed by atoms with van der Waals surface area (Å²) < 4.78 is 29.9. The molecule has 16 heavy (non-hydrogen) atoms. The lowest BCUT2D eigenvalue weighted by atomic mass is 10.4. The van der Waals surface area contributed by atoms with Gasteiger partial charge < -0.3 is 9.84 Å². The van der Waals surface area contributed by atoms with Gasteiger partial charge in [-0.25, -0.2) is 23.5 Å². The molecule has 0 saturated heterocycles. The Bertz CT molecular complexity index is 408. The van der Waals surface area contributed by atoms with E-state index in [1.807, 2.05) is 0 Å². The third kappa shape index (κ3) is 2.23. The molecule has 1 fully saturated rings. The molecule has 1 N–H and O–H groups in total. The van der Waals surface area contributed by atoms with Crippen LogP contribution in [-0.2, 0) is 0 Å². The van der Waals surface area contributed by atoms with Crippen molar-refractivity contribution >= 4 is 5.97 Å². The number of rotatable bonds is 4. The zero-order valence-corrected chi connectivity index (χ0v) is 8.06. The number of hydrogen-bond acceptors (Lipinski definition) is 4. The molecule has 7 heteroatoms. The summed E-state index contributed by atoms with van der Waals surface area (Å²) in [5.74, 6) is -4.55. The Kier molecular flexibility index (Phi) is 2.45. The summed E-state index contributed by atoms with van der Waals surface area (Å²) in [6, 6.07) is 0. The molecule has 1 aromatic rings. The van der Waals surface area contributed by atoms with Crippen molar-refractivity contribution in [3.8, 4) is 5.88 Å². The number of carbonyl (C=O) groups is 1. The fraction of sp³-hybridized carbons (Fsp3) is 0.444. The summed E-state index contributed by atoms with van der Waals surface area (Å²) in [6.45, 7) is -0.131. The van der Waals surface area contributed by atoms with Crippen LogP contribution in [0.25, 0.3) is 0 Å². The Balaban J connectivity index is 1.88. The minimum absolute atomic E-state index is 0.0488. The van der Waals surface area contributed by atoms with Gasteiger partial charge in [0.2, 0.25) is 5.88 Å².